The molecule has 0 amide bonds. The van der Waals surface area contributed by atoms with Gasteiger partial charge in [-0.25, -0.2) is 22.2 Å². The first kappa shape index (κ1) is 20.4. The van der Waals surface area contributed by atoms with Gasteiger partial charge in [-0.1, -0.05) is 0 Å². The molecule has 0 saturated carbocycles. The number of rotatable bonds is 6. The van der Waals surface area contributed by atoms with Crippen molar-refractivity contribution < 1.29 is 27.0 Å². The van der Waals surface area contributed by atoms with Crippen LogP contribution in [-0.2, 0) is 10.0 Å². The molecule has 158 valence electrons. The molecule has 1 aliphatic heterocycles. The highest BCUT2D eigenvalue weighted by Crippen LogP contribution is 2.33. The van der Waals surface area contributed by atoms with Crippen LogP contribution in [0.25, 0.3) is 0 Å². The molecule has 0 unspecified atom stereocenters. The maximum Gasteiger partial charge on any atom is 0.266 e. The zero-order valence-corrected chi connectivity index (χ0v) is 17.2. The van der Waals surface area contributed by atoms with Crippen molar-refractivity contribution in [1.82, 2.24) is 9.36 Å². The summed E-state index contributed by atoms with van der Waals surface area (Å²) in [4.78, 5) is 4.70. The number of aliphatic hydroxyl groups is 1. The van der Waals surface area contributed by atoms with Crippen LogP contribution in [-0.4, -0.2) is 42.1 Å². The molecule has 2 aromatic carbocycles. The Hall–Kier alpha value is -2.83. The minimum absolute atomic E-state index is 0.0708. The van der Waals surface area contributed by atoms with E-state index >= 15 is 0 Å². The number of benzene rings is 2. The van der Waals surface area contributed by atoms with E-state index in [0.29, 0.717) is 25.2 Å². The van der Waals surface area contributed by atoms with Crippen LogP contribution in [0.4, 0.5) is 19.6 Å². The van der Waals surface area contributed by atoms with Gasteiger partial charge in [0.25, 0.3) is 10.0 Å². The van der Waals surface area contributed by atoms with Crippen LogP contribution < -0.4 is 14.4 Å². The maximum atomic E-state index is 14.6. The minimum Gasteiger partial charge on any atom is -0.454 e. The van der Waals surface area contributed by atoms with E-state index in [1.165, 1.54) is 0 Å². The van der Waals surface area contributed by atoms with Crippen molar-refractivity contribution >= 4 is 32.4 Å². The van der Waals surface area contributed by atoms with Crippen LogP contribution in [0.15, 0.2) is 41.6 Å². The average Bonchev–Trinajstić information content (AvgIpc) is 3.13. The predicted molar refractivity (Wildman–Crippen MR) is 107 cm³/mol. The molecule has 8 nitrogen and oxygen atoms in total. The second-order valence-electron chi connectivity index (χ2n) is 6.73. The molecule has 1 aliphatic rings. The minimum atomic E-state index is -4.39. The van der Waals surface area contributed by atoms with Gasteiger partial charge in [0.05, 0.1) is 6.10 Å². The highest BCUT2D eigenvalue weighted by atomic mass is 32.2. The Morgan fingerprint density at radius 2 is 1.97 bits per heavy atom. The number of β-amino-alcohol motifs (C(OH)–C–C–N with tert-alkyl or cyclic N) is 1. The van der Waals surface area contributed by atoms with Crippen molar-refractivity contribution in [2.24, 2.45) is 0 Å². The van der Waals surface area contributed by atoms with E-state index in [-0.39, 0.29) is 10.9 Å². The second-order valence-corrected chi connectivity index (χ2v) is 9.16. The lowest BCUT2D eigenvalue weighted by atomic mass is 10.1. The lowest BCUT2D eigenvalue weighted by Gasteiger charge is -2.38. The van der Waals surface area contributed by atoms with Crippen LogP contribution in [0.1, 0.15) is 5.56 Å². The first-order chi connectivity index (χ1) is 14.2. The Balaban J connectivity index is 1.60. The number of halogens is 2. The molecule has 1 aromatic heterocycles. The highest BCUT2D eigenvalue weighted by molar-refractivity contribution is 7.93. The monoisotopic (exact) mass is 454 g/mol. The lowest BCUT2D eigenvalue weighted by Crippen LogP contribution is -2.50. The third kappa shape index (κ3) is 4.20. The summed E-state index contributed by atoms with van der Waals surface area (Å²) in [7, 11) is -4.39. The molecule has 0 spiro atoms. The summed E-state index contributed by atoms with van der Waals surface area (Å²) < 4.78 is 64.9. The predicted octanol–water partition coefficient (Wildman–Crippen LogP) is 2.90. The number of aryl methyl sites for hydroxylation is 1. The van der Waals surface area contributed by atoms with Gasteiger partial charge in [-0.15, -0.1) is 0 Å². The third-order valence-electron chi connectivity index (χ3n) is 4.35. The summed E-state index contributed by atoms with van der Waals surface area (Å²) in [6.07, 6.45) is 0.734. The van der Waals surface area contributed by atoms with Gasteiger partial charge in [-0.3, -0.25) is 4.72 Å². The van der Waals surface area contributed by atoms with Gasteiger partial charge >= 0.3 is 0 Å². The number of ether oxygens (including phenoxy) is 1. The third-order valence-corrected chi connectivity index (χ3v) is 6.41. The summed E-state index contributed by atoms with van der Waals surface area (Å²) in [6.45, 7) is 2.76. The number of aliphatic hydroxyl groups excluding tert-OH is 1. The number of hydrogen-bond acceptors (Lipinski definition) is 8. The molecule has 2 heterocycles. The van der Waals surface area contributed by atoms with Crippen LogP contribution in [0.3, 0.4) is 0 Å². The number of hydrogen-bond donors (Lipinski definition) is 2. The van der Waals surface area contributed by atoms with Crippen LogP contribution in [0, 0.1) is 18.6 Å². The van der Waals surface area contributed by atoms with Gasteiger partial charge in [0.1, 0.15) is 22.8 Å². The molecule has 0 bridgehead atoms. The van der Waals surface area contributed by atoms with Crippen molar-refractivity contribution in [2.45, 2.75) is 17.9 Å². The van der Waals surface area contributed by atoms with Gasteiger partial charge in [-0.2, -0.15) is 4.37 Å². The maximum absolute atomic E-state index is 14.6. The van der Waals surface area contributed by atoms with E-state index < -0.39 is 38.4 Å². The van der Waals surface area contributed by atoms with Crippen molar-refractivity contribution in [1.29, 1.82) is 0 Å². The summed E-state index contributed by atoms with van der Waals surface area (Å²) >= 11 is 0.759. The second kappa shape index (κ2) is 7.78. The Labute approximate surface area is 175 Å². The highest BCUT2D eigenvalue weighted by Gasteiger charge is 2.26. The number of sulfonamides is 1. The van der Waals surface area contributed by atoms with Crippen LogP contribution in [0.5, 0.6) is 11.5 Å². The van der Waals surface area contributed by atoms with Crippen LogP contribution in [0.2, 0.25) is 0 Å². The van der Waals surface area contributed by atoms with Crippen molar-refractivity contribution in [3.63, 3.8) is 0 Å². The molecule has 0 radical (unpaired) electrons. The molecular weight excluding hydrogens is 438 g/mol. The van der Waals surface area contributed by atoms with E-state index in [4.69, 9.17) is 4.74 Å². The Morgan fingerprint density at radius 1 is 1.20 bits per heavy atom. The summed E-state index contributed by atoms with van der Waals surface area (Å²) in [6, 6.07) is 6.39. The molecule has 30 heavy (non-hydrogen) atoms. The van der Waals surface area contributed by atoms with Gasteiger partial charge in [-0.05, 0) is 24.6 Å². The Bertz CT molecular complexity index is 1180. The van der Waals surface area contributed by atoms with Crippen molar-refractivity contribution in [3.05, 3.63) is 53.9 Å². The van der Waals surface area contributed by atoms with Gasteiger partial charge in [0.15, 0.2) is 11.6 Å². The fraction of sp³-hybridized carbons (Fsp3) is 0.222. The fourth-order valence-corrected chi connectivity index (χ4v) is 4.68. The van der Waals surface area contributed by atoms with Gasteiger partial charge in [0, 0.05) is 48.5 Å². The standard InChI is InChI=1S/C18H16F2N4O4S2/c1-10-2-11(24-7-12(25)8-24)4-13(3-10)28-16-5-15(20)17(6-14(16)19)30(26,27)23-18-21-9-22-29-18/h2-6,9,12,25H,7-8H2,1H3,(H,21,22,23). The molecule has 0 atom stereocenters. The van der Waals surface area contributed by atoms with E-state index in [1.807, 2.05) is 22.6 Å². The molecule has 1 saturated heterocycles. The Morgan fingerprint density at radius 3 is 2.63 bits per heavy atom. The van der Waals surface area contributed by atoms with E-state index in [9.17, 15) is 22.3 Å². The first-order valence-electron chi connectivity index (χ1n) is 8.72. The number of nitrogens with zero attached hydrogens (tertiary/aromatic N) is 3. The normalized spacial score (nSPS) is 14.5. The van der Waals surface area contributed by atoms with Crippen molar-refractivity contribution in [2.75, 3.05) is 22.7 Å². The topological polar surface area (TPSA) is 105 Å². The molecule has 1 fully saturated rings. The van der Waals surface area contributed by atoms with Crippen LogP contribution >= 0.6 is 11.5 Å². The number of anilines is 2. The number of aromatic nitrogens is 2. The first-order valence-corrected chi connectivity index (χ1v) is 11.0. The zero-order valence-electron chi connectivity index (χ0n) is 15.5. The number of nitrogens with one attached hydrogen (secondary N) is 1. The molecule has 0 aliphatic carbocycles. The fourth-order valence-electron chi connectivity index (χ4n) is 2.95. The summed E-state index contributed by atoms with van der Waals surface area (Å²) in [5, 5.41) is 9.40. The largest absolute Gasteiger partial charge is 0.454 e. The van der Waals surface area contributed by atoms with E-state index in [1.54, 1.807) is 12.1 Å². The summed E-state index contributed by atoms with van der Waals surface area (Å²) in [5.74, 6) is -2.42. The van der Waals surface area contributed by atoms with E-state index in [2.05, 4.69) is 9.36 Å². The summed E-state index contributed by atoms with van der Waals surface area (Å²) in [5.41, 5.74) is 1.60. The molecular formula is C18H16F2N4O4S2. The molecule has 12 heteroatoms. The lowest BCUT2D eigenvalue weighted by molar-refractivity contribution is 0.142. The molecule has 2 N–H and O–H groups in total. The Kier molecular flexibility index (Phi) is 5.30. The SMILES string of the molecule is Cc1cc(Oc2cc(F)c(S(=O)(=O)Nc3ncns3)cc2F)cc(N2CC(O)C2)c1. The zero-order chi connectivity index (χ0) is 21.5. The van der Waals surface area contributed by atoms with E-state index in [0.717, 1.165) is 29.1 Å². The molecule has 3 aromatic rings. The van der Waals surface area contributed by atoms with Gasteiger partial charge < -0.3 is 14.7 Å². The molecule has 4 rings (SSSR count). The quantitative estimate of drug-likeness (QED) is 0.590. The van der Waals surface area contributed by atoms with Crippen molar-refractivity contribution in [3.8, 4) is 11.5 Å². The smallest absolute Gasteiger partial charge is 0.266 e. The average molecular weight is 454 g/mol. The van der Waals surface area contributed by atoms with Gasteiger partial charge in [0.2, 0.25) is 5.13 Å².